The third-order valence-corrected chi connectivity index (χ3v) is 5.26. The third-order valence-electron chi connectivity index (χ3n) is 5.26. The number of hydrogen-bond acceptors (Lipinski definition) is 5. The summed E-state index contributed by atoms with van der Waals surface area (Å²) < 4.78 is 15.6. The molecule has 1 atom stereocenters. The molecule has 27 heavy (non-hydrogen) atoms. The van der Waals surface area contributed by atoms with Crippen molar-refractivity contribution < 1.29 is 9.18 Å². The lowest BCUT2D eigenvalue weighted by Crippen LogP contribution is -2.34. The number of aromatic amines is 1. The molecule has 0 aliphatic carbocycles. The van der Waals surface area contributed by atoms with Crippen LogP contribution in [0.2, 0.25) is 0 Å². The second-order valence-corrected chi connectivity index (χ2v) is 6.89. The standard InChI is InChI=1S/C18H17FN6O2/c19-11-7-12-14-2-1-4-25(14)16-13-6-10(8-21-15(13)22-23-16)17(26)20-3-5-24(9-11)18(12)27/h6-9,14H,1-5H2,(H,20,26)(H,21,22,23)/t14-/m1/s1. The van der Waals surface area contributed by atoms with Crippen molar-refractivity contribution in [1.29, 1.82) is 0 Å². The van der Waals surface area contributed by atoms with Crippen molar-refractivity contribution in [3.63, 3.8) is 0 Å². The number of hydrogen-bond donors (Lipinski definition) is 2. The van der Waals surface area contributed by atoms with Gasteiger partial charge in [-0.1, -0.05) is 0 Å². The Labute approximate surface area is 153 Å². The Kier molecular flexibility index (Phi) is 3.49. The molecule has 0 spiro atoms. The SMILES string of the molecule is O=C1NCCn2cc(F)cc(c2=O)[C@H]2CCCN2c2n[nH]c3ncc1cc23. The molecular formula is C18H17FN6O2. The number of pyridine rings is 2. The first-order valence-corrected chi connectivity index (χ1v) is 8.90. The number of carbonyl (C=O) groups is 1. The number of nitrogens with one attached hydrogen (secondary N) is 2. The summed E-state index contributed by atoms with van der Waals surface area (Å²) in [6, 6.07) is 2.81. The highest BCUT2D eigenvalue weighted by Gasteiger charge is 2.32. The van der Waals surface area contributed by atoms with Gasteiger partial charge in [-0.3, -0.25) is 14.7 Å². The van der Waals surface area contributed by atoms with Crippen molar-refractivity contribution in [3.05, 3.63) is 51.8 Å². The summed E-state index contributed by atoms with van der Waals surface area (Å²) >= 11 is 0. The van der Waals surface area contributed by atoms with Crippen LogP contribution in [0.4, 0.5) is 10.2 Å². The fraction of sp³-hybridized carbons (Fsp3) is 0.333. The van der Waals surface area contributed by atoms with Crippen LogP contribution in [-0.4, -0.2) is 38.7 Å². The molecule has 0 saturated carbocycles. The zero-order valence-electron chi connectivity index (χ0n) is 14.4. The van der Waals surface area contributed by atoms with E-state index in [2.05, 4.69) is 20.5 Å². The molecule has 1 fully saturated rings. The smallest absolute Gasteiger partial charge is 0.256 e. The summed E-state index contributed by atoms with van der Waals surface area (Å²) in [5, 5.41) is 10.7. The zero-order valence-corrected chi connectivity index (χ0v) is 14.4. The van der Waals surface area contributed by atoms with Crippen molar-refractivity contribution in [1.82, 2.24) is 25.1 Å². The molecule has 1 amide bonds. The molecule has 2 N–H and O–H groups in total. The van der Waals surface area contributed by atoms with Crippen LogP contribution < -0.4 is 15.8 Å². The van der Waals surface area contributed by atoms with Crippen molar-refractivity contribution in [2.75, 3.05) is 18.0 Å². The highest BCUT2D eigenvalue weighted by atomic mass is 19.1. The zero-order chi connectivity index (χ0) is 18.5. The predicted molar refractivity (Wildman–Crippen MR) is 96.2 cm³/mol. The Morgan fingerprint density at radius 3 is 3.00 bits per heavy atom. The van der Waals surface area contributed by atoms with Crippen molar-refractivity contribution in [3.8, 4) is 0 Å². The van der Waals surface area contributed by atoms with E-state index < -0.39 is 5.82 Å². The lowest BCUT2D eigenvalue weighted by Gasteiger charge is -2.25. The molecule has 3 aromatic rings. The van der Waals surface area contributed by atoms with Gasteiger partial charge in [0.05, 0.1) is 17.0 Å². The number of aromatic nitrogens is 4. The lowest BCUT2D eigenvalue weighted by atomic mass is 10.1. The van der Waals surface area contributed by atoms with E-state index >= 15 is 0 Å². The van der Waals surface area contributed by atoms with E-state index in [-0.39, 0.29) is 30.6 Å². The van der Waals surface area contributed by atoms with E-state index in [4.69, 9.17) is 0 Å². The van der Waals surface area contributed by atoms with Crippen molar-refractivity contribution in [2.24, 2.45) is 0 Å². The molecule has 0 aromatic carbocycles. The maximum Gasteiger partial charge on any atom is 0.256 e. The van der Waals surface area contributed by atoms with Gasteiger partial charge in [0, 0.05) is 37.6 Å². The molecular weight excluding hydrogens is 351 g/mol. The van der Waals surface area contributed by atoms with Gasteiger partial charge in [0.2, 0.25) is 0 Å². The predicted octanol–water partition coefficient (Wildman–Crippen LogP) is 1.34. The van der Waals surface area contributed by atoms with Crippen LogP contribution in [0.3, 0.4) is 0 Å². The Balaban J connectivity index is 1.75. The van der Waals surface area contributed by atoms with Gasteiger partial charge < -0.3 is 14.8 Å². The average Bonchev–Trinajstić information content (AvgIpc) is 3.29. The molecule has 9 heteroatoms. The molecule has 4 bridgehead atoms. The van der Waals surface area contributed by atoms with Crippen molar-refractivity contribution in [2.45, 2.75) is 25.4 Å². The quantitative estimate of drug-likeness (QED) is 0.624. The maximum atomic E-state index is 14.2. The number of halogens is 1. The first-order chi connectivity index (χ1) is 13.1. The van der Waals surface area contributed by atoms with Gasteiger partial charge in [-0.05, 0) is 25.0 Å². The topological polar surface area (TPSA) is 95.9 Å². The second kappa shape index (κ2) is 5.90. The summed E-state index contributed by atoms with van der Waals surface area (Å²) in [6.07, 6.45) is 4.28. The summed E-state index contributed by atoms with van der Waals surface area (Å²) in [7, 11) is 0. The summed E-state index contributed by atoms with van der Waals surface area (Å²) in [5.41, 5.74) is 1.17. The number of fused-ring (bicyclic) bond motifs is 6. The number of nitrogens with zero attached hydrogens (tertiary/aromatic N) is 4. The molecule has 2 aliphatic heterocycles. The van der Waals surface area contributed by atoms with E-state index in [1.54, 1.807) is 6.07 Å². The summed E-state index contributed by atoms with van der Waals surface area (Å²) in [5.74, 6) is -0.130. The molecule has 0 unspecified atom stereocenters. The number of H-pyrrole nitrogens is 1. The van der Waals surface area contributed by atoms with E-state index in [1.807, 2.05) is 4.90 Å². The van der Waals surface area contributed by atoms with E-state index in [1.165, 1.54) is 23.0 Å². The van der Waals surface area contributed by atoms with Crippen molar-refractivity contribution >= 4 is 22.8 Å². The molecule has 3 aromatic heterocycles. The number of amides is 1. The van der Waals surface area contributed by atoms with E-state index in [0.29, 0.717) is 34.5 Å². The van der Waals surface area contributed by atoms with Gasteiger partial charge >= 0.3 is 0 Å². The minimum Gasteiger partial charge on any atom is -0.350 e. The van der Waals surface area contributed by atoms with Gasteiger partial charge in [-0.15, -0.1) is 0 Å². The summed E-state index contributed by atoms with van der Waals surface area (Å²) in [4.78, 5) is 31.7. The molecule has 0 radical (unpaired) electrons. The Morgan fingerprint density at radius 1 is 1.22 bits per heavy atom. The van der Waals surface area contributed by atoms with Crippen LogP contribution in [0.5, 0.6) is 0 Å². The molecule has 8 nitrogen and oxygen atoms in total. The first kappa shape index (κ1) is 16.0. The minimum atomic E-state index is -0.466. The van der Waals surface area contributed by atoms with Crippen LogP contribution in [0.15, 0.2) is 29.3 Å². The van der Waals surface area contributed by atoms with E-state index in [0.717, 1.165) is 12.8 Å². The third kappa shape index (κ3) is 2.49. The van der Waals surface area contributed by atoms with Gasteiger partial charge in [-0.2, -0.15) is 5.10 Å². The fourth-order valence-electron chi connectivity index (χ4n) is 3.99. The molecule has 1 saturated heterocycles. The molecule has 138 valence electrons. The van der Waals surface area contributed by atoms with Crippen LogP contribution in [-0.2, 0) is 6.54 Å². The fourth-order valence-corrected chi connectivity index (χ4v) is 3.99. The Bertz CT molecular complexity index is 1120. The van der Waals surface area contributed by atoms with Gasteiger partial charge in [0.1, 0.15) is 5.82 Å². The highest BCUT2D eigenvalue weighted by Crippen LogP contribution is 2.37. The molecule has 2 aliphatic rings. The Morgan fingerprint density at radius 2 is 2.11 bits per heavy atom. The monoisotopic (exact) mass is 368 g/mol. The van der Waals surface area contributed by atoms with Crippen LogP contribution in [0.1, 0.15) is 34.8 Å². The minimum absolute atomic E-state index is 0.197. The normalized spacial score (nSPS) is 19.4. The molecule has 5 rings (SSSR count). The van der Waals surface area contributed by atoms with E-state index in [9.17, 15) is 14.0 Å². The number of rotatable bonds is 0. The lowest BCUT2D eigenvalue weighted by molar-refractivity contribution is 0.0952. The van der Waals surface area contributed by atoms with Gasteiger partial charge in [-0.25, -0.2) is 9.37 Å². The summed E-state index contributed by atoms with van der Waals surface area (Å²) in [6.45, 7) is 1.10. The van der Waals surface area contributed by atoms with Crippen LogP contribution in [0.25, 0.3) is 11.0 Å². The van der Waals surface area contributed by atoms with Crippen LogP contribution in [0, 0.1) is 5.82 Å². The van der Waals surface area contributed by atoms with Gasteiger partial charge in [0.15, 0.2) is 11.5 Å². The van der Waals surface area contributed by atoms with Gasteiger partial charge in [0.25, 0.3) is 11.5 Å². The Hall–Kier alpha value is -3.23. The largest absolute Gasteiger partial charge is 0.350 e. The number of anilines is 1. The first-order valence-electron chi connectivity index (χ1n) is 8.90. The van der Waals surface area contributed by atoms with Crippen LogP contribution >= 0.6 is 0 Å². The maximum absolute atomic E-state index is 14.2. The average molecular weight is 368 g/mol. The number of carbonyl (C=O) groups excluding carboxylic acids is 1. The second-order valence-electron chi connectivity index (χ2n) is 6.89. The highest BCUT2D eigenvalue weighted by molar-refractivity contribution is 5.99. The molecule has 5 heterocycles.